The first-order chi connectivity index (χ1) is 15.0. The van der Waals surface area contributed by atoms with Crippen LogP contribution in [0.5, 0.6) is 0 Å². The lowest BCUT2D eigenvalue weighted by Crippen LogP contribution is -2.25. The van der Waals surface area contributed by atoms with Crippen LogP contribution in [0.3, 0.4) is 0 Å². The first kappa shape index (κ1) is 20.8. The van der Waals surface area contributed by atoms with Gasteiger partial charge < -0.3 is 15.0 Å². The average Bonchev–Trinajstić information content (AvgIpc) is 3.44. The highest BCUT2D eigenvalue weighted by atomic mass is 16.5. The topological polar surface area (TPSA) is 76.5 Å². The SMILES string of the molecule is CC(=O)N(C)c1ccc(NC(=O)[C@H]2CCO[C@@H]2c2cnn(Cc3ccccc3)c2)cc1. The molecule has 3 aromatic rings. The van der Waals surface area contributed by atoms with Crippen molar-refractivity contribution in [1.29, 1.82) is 0 Å². The minimum Gasteiger partial charge on any atom is -0.373 e. The molecule has 1 aliphatic rings. The molecule has 1 fully saturated rings. The molecule has 160 valence electrons. The summed E-state index contributed by atoms with van der Waals surface area (Å²) in [4.78, 5) is 26.0. The number of carbonyl (C=O) groups is 2. The molecule has 0 aliphatic carbocycles. The number of aromatic nitrogens is 2. The summed E-state index contributed by atoms with van der Waals surface area (Å²) in [7, 11) is 1.72. The van der Waals surface area contributed by atoms with Gasteiger partial charge in [0.05, 0.1) is 24.8 Å². The number of rotatable bonds is 6. The number of hydrogen-bond acceptors (Lipinski definition) is 4. The van der Waals surface area contributed by atoms with E-state index in [9.17, 15) is 9.59 Å². The predicted octanol–water partition coefficient (Wildman–Crippen LogP) is 3.63. The maximum absolute atomic E-state index is 12.9. The van der Waals surface area contributed by atoms with Crippen molar-refractivity contribution in [3.05, 3.63) is 78.1 Å². The van der Waals surface area contributed by atoms with E-state index in [0.29, 0.717) is 25.3 Å². The fourth-order valence-electron chi connectivity index (χ4n) is 3.76. The van der Waals surface area contributed by atoms with E-state index in [0.717, 1.165) is 16.8 Å². The van der Waals surface area contributed by atoms with E-state index in [2.05, 4.69) is 22.5 Å². The second-order valence-electron chi connectivity index (χ2n) is 7.76. The summed E-state index contributed by atoms with van der Waals surface area (Å²) >= 11 is 0. The number of nitrogens with zero attached hydrogens (tertiary/aromatic N) is 3. The molecular weight excluding hydrogens is 392 g/mol. The molecule has 31 heavy (non-hydrogen) atoms. The van der Waals surface area contributed by atoms with Gasteiger partial charge in [-0.15, -0.1) is 0 Å². The summed E-state index contributed by atoms with van der Waals surface area (Å²) in [5, 5.41) is 7.42. The molecule has 1 saturated heterocycles. The highest BCUT2D eigenvalue weighted by Crippen LogP contribution is 2.35. The minimum absolute atomic E-state index is 0.0458. The highest BCUT2D eigenvalue weighted by Gasteiger charge is 2.36. The Bertz CT molecular complexity index is 1050. The van der Waals surface area contributed by atoms with Crippen LogP contribution in [0.25, 0.3) is 0 Å². The van der Waals surface area contributed by atoms with Crippen LogP contribution in [0.2, 0.25) is 0 Å². The first-order valence-corrected chi connectivity index (χ1v) is 10.3. The van der Waals surface area contributed by atoms with E-state index in [1.807, 2.05) is 41.2 Å². The van der Waals surface area contributed by atoms with Gasteiger partial charge in [-0.1, -0.05) is 30.3 Å². The molecule has 2 amide bonds. The van der Waals surface area contributed by atoms with E-state index < -0.39 is 0 Å². The molecule has 0 saturated carbocycles. The quantitative estimate of drug-likeness (QED) is 0.663. The Morgan fingerprint density at radius 3 is 2.61 bits per heavy atom. The molecule has 0 radical (unpaired) electrons. The Hall–Kier alpha value is -3.45. The Morgan fingerprint density at radius 1 is 1.16 bits per heavy atom. The number of anilines is 2. The zero-order chi connectivity index (χ0) is 21.8. The summed E-state index contributed by atoms with van der Waals surface area (Å²) in [6, 6.07) is 17.3. The van der Waals surface area contributed by atoms with Gasteiger partial charge in [0.2, 0.25) is 11.8 Å². The van der Waals surface area contributed by atoms with E-state index >= 15 is 0 Å². The molecule has 2 aromatic carbocycles. The summed E-state index contributed by atoms with van der Waals surface area (Å²) in [5.74, 6) is -0.407. The molecule has 1 aliphatic heterocycles. The molecule has 2 heterocycles. The zero-order valence-electron chi connectivity index (χ0n) is 17.7. The standard InChI is InChI=1S/C24H26N4O3/c1-17(29)27(2)21-10-8-20(9-11-21)26-24(30)22-12-13-31-23(22)19-14-25-28(16-19)15-18-6-4-3-5-7-18/h3-11,14,16,22-23H,12-13,15H2,1-2H3,(H,26,30)/t22-,23+/m0/s1. The first-order valence-electron chi connectivity index (χ1n) is 10.3. The van der Waals surface area contributed by atoms with Crippen LogP contribution in [0, 0.1) is 5.92 Å². The van der Waals surface area contributed by atoms with Crippen molar-refractivity contribution < 1.29 is 14.3 Å². The lowest BCUT2D eigenvalue weighted by atomic mass is 9.96. The summed E-state index contributed by atoms with van der Waals surface area (Å²) < 4.78 is 7.76. The van der Waals surface area contributed by atoms with Crippen molar-refractivity contribution >= 4 is 23.2 Å². The van der Waals surface area contributed by atoms with Crippen LogP contribution < -0.4 is 10.2 Å². The molecule has 4 rings (SSSR count). The van der Waals surface area contributed by atoms with Gasteiger partial charge in [0, 0.05) is 43.7 Å². The third kappa shape index (κ3) is 4.83. The Labute approximate surface area is 181 Å². The van der Waals surface area contributed by atoms with Crippen molar-refractivity contribution in [1.82, 2.24) is 9.78 Å². The van der Waals surface area contributed by atoms with Crippen LogP contribution in [-0.2, 0) is 20.9 Å². The molecule has 1 aromatic heterocycles. The predicted molar refractivity (Wildman–Crippen MR) is 119 cm³/mol. The van der Waals surface area contributed by atoms with Gasteiger partial charge in [-0.25, -0.2) is 0 Å². The largest absolute Gasteiger partial charge is 0.373 e. The maximum Gasteiger partial charge on any atom is 0.230 e. The van der Waals surface area contributed by atoms with Crippen molar-refractivity contribution in [2.24, 2.45) is 5.92 Å². The molecule has 7 nitrogen and oxygen atoms in total. The van der Waals surface area contributed by atoms with Gasteiger partial charge in [-0.3, -0.25) is 14.3 Å². The van der Waals surface area contributed by atoms with E-state index in [4.69, 9.17) is 4.74 Å². The second kappa shape index (κ2) is 9.14. The molecule has 7 heteroatoms. The number of hydrogen-bond donors (Lipinski definition) is 1. The number of amides is 2. The molecular formula is C24H26N4O3. The molecule has 0 unspecified atom stereocenters. The number of carbonyl (C=O) groups excluding carboxylic acids is 2. The van der Waals surface area contributed by atoms with E-state index in [1.54, 1.807) is 30.3 Å². The molecule has 2 atom stereocenters. The lowest BCUT2D eigenvalue weighted by molar-refractivity contribution is -0.121. The van der Waals surface area contributed by atoms with Crippen molar-refractivity contribution in [2.45, 2.75) is 26.0 Å². The van der Waals surface area contributed by atoms with Gasteiger partial charge in [0.15, 0.2) is 0 Å². The average molecular weight is 418 g/mol. The Kier molecular flexibility index (Phi) is 6.13. The minimum atomic E-state index is -0.312. The fraction of sp³-hybridized carbons (Fsp3) is 0.292. The molecule has 0 spiro atoms. The summed E-state index contributed by atoms with van der Waals surface area (Å²) in [6.07, 6.45) is 4.08. The van der Waals surface area contributed by atoms with Crippen molar-refractivity contribution in [3.63, 3.8) is 0 Å². The third-order valence-electron chi connectivity index (χ3n) is 5.59. The van der Waals surface area contributed by atoms with Gasteiger partial charge in [-0.05, 0) is 36.2 Å². The Morgan fingerprint density at radius 2 is 1.90 bits per heavy atom. The van der Waals surface area contributed by atoms with Crippen molar-refractivity contribution in [2.75, 3.05) is 23.9 Å². The second-order valence-corrected chi connectivity index (χ2v) is 7.76. The van der Waals surface area contributed by atoms with Gasteiger partial charge in [0.25, 0.3) is 0 Å². The number of benzene rings is 2. The summed E-state index contributed by atoms with van der Waals surface area (Å²) in [6.45, 7) is 2.72. The van der Waals surface area contributed by atoms with Crippen LogP contribution in [-0.4, -0.2) is 35.2 Å². The van der Waals surface area contributed by atoms with Crippen LogP contribution >= 0.6 is 0 Å². The Balaban J connectivity index is 1.41. The van der Waals surface area contributed by atoms with Gasteiger partial charge in [0.1, 0.15) is 0 Å². The third-order valence-corrected chi connectivity index (χ3v) is 5.59. The van der Waals surface area contributed by atoms with E-state index in [1.165, 1.54) is 6.92 Å². The number of ether oxygens (including phenoxy) is 1. The fourth-order valence-corrected chi connectivity index (χ4v) is 3.76. The lowest BCUT2D eigenvalue weighted by Gasteiger charge is -2.18. The van der Waals surface area contributed by atoms with Crippen LogP contribution in [0.15, 0.2) is 67.0 Å². The molecule has 0 bridgehead atoms. The van der Waals surface area contributed by atoms with Gasteiger partial charge in [-0.2, -0.15) is 5.10 Å². The van der Waals surface area contributed by atoms with Gasteiger partial charge >= 0.3 is 0 Å². The van der Waals surface area contributed by atoms with Crippen LogP contribution in [0.1, 0.15) is 30.6 Å². The zero-order valence-corrected chi connectivity index (χ0v) is 17.7. The molecule has 1 N–H and O–H groups in total. The maximum atomic E-state index is 12.9. The number of nitrogens with one attached hydrogen (secondary N) is 1. The normalized spacial score (nSPS) is 18.0. The highest BCUT2D eigenvalue weighted by molar-refractivity contribution is 5.94. The van der Waals surface area contributed by atoms with E-state index in [-0.39, 0.29) is 23.8 Å². The van der Waals surface area contributed by atoms with Crippen LogP contribution in [0.4, 0.5) is 11.4 Å². The van der Waals surface area contributed by atoms with Crippen molar-refractivity contribution in [3.8, 4) is 0 Å². The summed E-state index contributed by atoms with van der Waals surface area (Å²) in [5.41, 5.74) is 3.54. The monoisotopic (exact) mass is 418 g/mol. The smallest absolute Gasteiger partial charge is 0.230 e.